The lowest BCUT2D eigenvalue weighted by Gasteiger charge is -2.42. The number of nitrogens with one attached hydrogen (secondary N) is 1. The molecule has 1 aliphatic heterocycles. The molecule has 0 radical (unpaired) electrons. The van der Waals surface area contributed by atoms with Crippen LogP contribution in [0.25, 0.3) is 11.4 Å². The number of likely N-dealkylation sites (N-methyl/N-ethyl adjacent to an activating group) is 1. The average Bonchev–Trinajstić information content (AvgIpc) is 2.47. The van der Waals surface area contributed by atoms with E-state index in [1.807, 2.05) is 44.4 Å². The molecule has 114 valence electrons. The Hall–Kier alpha value is -2.47. The fourth-order valence-corrected chi connectivity index (χ4v) is 2.28. The Morgan fingerprint density at radius 2 is 1.82 bits per heavy atom. The second-order valence-corrected chi connectivity index (χ2v) is 5.61. The van der Waals surface area contributed by atoms with Gasteiger partial charge in [-0.2, -0.15) is 0 Å². The molecular formula is C16H19N5O. The molecule has 1 N–H and O–H groups in total. The minimum absolute atomic E-state index is 0.103. The predicted molar refractivity (Wildman–Crippen MR) is 85.5 cm³/mol. The molecule has 1 saturated heterocycles. The summed E-state index contributed by atoms with van der Waals surface area (Å²) in [5.41, 5.74) is 1.56. The van der Waals surface area contributed by atoms with Crippen molar-refractivity contribution in [3.05, 3.63) is 42.7 Å². The Balaban J connectivity index is 1.59. The van der Waals surface area contributed by atoms with Gasteiger partial charge in [0, 0.05) is 24.7 Å². The monoisotopic (exact) mass is 297 g/mol. The summed E-state index contributed by atoms with van der Waals surface area (Å²) in [7, 11) is 4.05. The normalized spacial score (nSPS) is 14.8. The molecule has 1 fully saturated rings. The van der Waals surface area contributed by atoms with Gasteiger partial charge in [-0.25, -0.2) is 14.8 Å². The van der Waals surface area contributed by atoms with Gasteiger partial charge in [0.05, 0.1) is 18.1 Å². The smallest absolute Gasteiger partial charge is 0.321 e. The molecule has 6 heteroatoms. The van der Waals surface area contributed by atoms with Crippen LogP contribution in [-0.2, 0) is 0 Å². The van der Waals surface area contributed by atoms with Gasteiger partial charge in [0.1, 0.15) is 0 Å². The van der Waals surface area contributed by atoms with Gasteiger partial charge in [-0.1, -0.05) is 30.3 Å². The summed E-state index contributed by atoms with van der Waals surface area (Å²) in [5.74, 6) is 0.648. The molecule has 0 aliphatic carbocycles. The molecule has 3 rings (SSSR count). The maximum absolute atomic E-state index is 12.1. The van der Waals surface area contributed by atoms with Crippen LogP contribution in [0.15, 0.2) is 42.7 Å². The lowest BCUT2D eigenvalue weighted by atomic mass is 10.1. The van der Waals surface area contributed by atoms with E-state index in [1.54, 1.807) is 17.3 Å². The molecule has 1 aromatic heterocycles. The Kier molecular flexibility index (Phi) is 4.02. The van der Waals surface area contributed by atoms with Gasteiger partial charge in [0.25, 0.3) is 0 Å². The number of carbonyl (C=O) groups is 1. The highest BCUT2D eigenvalue weighted by Gasteiger charge is 2.31. The Labute approximate surface area is 129 Å². The van der Waals surface area contributed by atoms with Crippen LogP contribution in [0.4, 0.5) is 10.5 Å². The lowest BCUT2D eigenvalue weighted by Crippen LogP contribution is -2.60. The highest BCUT2D eigenvalue weighted by molar-refractivity contribution is 5.89. The SMILES string of the molecule is CN(C)C1CN(C(=O)Nc2cnc(-c3ccccc3)nc2)C1. The third-order valence-electron chi connectivity index (χ3n) is 3.81. The third kappa shape index (κ3) is 3.07. The highest BCUT2D eigenvalue weighted by Crippen LogP contribution is 2.17. The van der Waals surface area contributed by atoms with Crippen LogP contribution in [0.5, 0.6) is 0 Å². The van der Waals surface area contributed by atoms with E-state index in [0.29, 0.717) is 17.6 Å². The number of amides is 2. The highest BCUT2D eigenvalue weighted by atomic mass is 16.2. The van der Waals surface area contributed by atoms with Crippen molar-refractivity contribution in [2.24, 2.45) is 0 Å². The molecule has 6 nitrogen and oxygen atoms in total. The van der Waals surface area contributed by atoms with Gasteiger partial charge in [0.2, 0.25) is 0 Å². The standard InChI is InChI=1S/C16H19N5O/c1-20(2)14-10-21(11-14)16(22)19-13-8-17-15(18-9-13)12-6-4-3-5-7-12/h3-9,14H,10-11H2,1-2H3,(H,19,22). The topological polar surface area (TPSA) is 61.4 Å². The maximum atomic E-state index is 12.1. The van der Waals surface area contributed by atoms with Gasteiger partial charge in [-0.3, -0.25) is 0 Å². The van der Waals surface area contributed by atoms with Gasteiger partial charge in [-0.05, 0) is 14.1 Å². The van der Waals surface area contributed by atoms with Crippen molar-refractivity contribution in [1.82, 2.24) is 19.8 Å². The summed E-state index contributed by atoms with van der Waals surface area (Å²) in [4.78, 5) is 24.6. The number of carbonyl (C=O) groups excluding carboxylic acids is 1. The Bertz CT molecular complexity index is 635. The second-order valence-electron chi connectivity index (χ2n) is 5.61. The number of rotatable bonds is 3. The van der Waals surface area contributed by atoms with Crippen LogP contribution in [0, 0.1) is 0 Å². The summed E-state index contributed by atoms with van der Waals surface area (Å²) in [6.07, 6.45) is 3.27. The van der Waals surface area contributed by atoms with E-state index < -0.39 is 0 Å². The van der Waals surface area contributed by atoms with Gasteiger partial charge in [-0.15, -0.1) is 0 Å². The number of anilines is 1. The van der Waals surface area contributed by atoms with E-state index in [-0.39, 0.29) is 6.03 Å². The molecule has 0 saturated carbocycles. The Morgan fingerprint density at radius 3 is 2.41 bits per heavy atom. The van der Waals surface area contributed by atoms with Crippen molar-refractivity contribution in [3.8, 4) is 11.4 Å². The number of aromatic nitrogens is 2. The average molecular weight is 297 g/mol. The molecular weight excluding hydrogens is 278 g/mol. The summed E-state index contributed by atoms with van der Waals surface area (Å²) < 4.78 is 0. The zero-order chi connectivity index (χ0) is 15.5. The molecule has 0 unspecified atom stereocenters. The minimum atomic E-state index is -0.103. The first-order valence-corrected chi connectivity index (χ1v) is 7.23. The molecule has 0 bridgehead atoms. The number of urea groups is 1. The number of hydrogen-bond donors (Lipinski definition) is 1. The summed E-state index contributed by atoms with van der Waals surface area (Å²) in [6, 6.07) is 10.1. The predicted octanol–water partition coefficient (Wildman–Crippen LogP) is 1.92. The van der Waals surface area contributed by atoms with Crippen molar-refractivity contribution in [1.29, 1.82) is 0 Å². The van der Waals surface area contributed by atoms with E-state index in [9.17, 15) is 4.79 Å². The van der Waals surface area contributed by atoms with E-state index in [0.717, 1.165) is 18.7 Å². The molecule has 2 amide bonds. The first-order chi connectivity index (χ1) is 10.6. The van der Waals surface area contributed by atoms with E-state index in [1.165, 1.54) is 0 Å². The third-order valence-corrected chi connectivity index (χ3v) is 3.81. The largest absolute Gasteiger partial charge is 0.322 e. The fourth-order valence-electron chi connectivity index (χ4n) is 2.28. The lowest BCUT2D eigenvalue weighted by molar-refractivity contribution is 0.0942. The first-order valence-electron chi connectivity index (χ1n) is 7.23. The first kappa shape index (κ1) is 14.5. The summed E-state index contributed by atoms with van der Waals surface area (Å²) in [5, 5.41) is 2.83. The number of hydrogen-bond acceptors (Lipinski definition) is 4. The minimum Gasteiger partial charge on any atom is -0.321 e. The molecule has 0 spiro atoms. The maximum Gasteiger partial charge on any atom is 0.322 e. The van der Waals surface area contributed by atoms with Gasteiger partial charge in [0.15, 0.2) is 5.82 Å². The molecule has 0 atom stereocenters. The van der Waals surface area contributed by atoms with Crippen molar-refractivity contribution >= 4 is 11.7 Å². The summed E-state index contributed by atoms with van der Waals surface area (Å²) in [6.45, 7) is 1.50. The number of benzene rings is 1. The Morgan fingerprint density at radius 1 is 1.18 bits per heavy atom. The fraction of sp³-hybridized carbons (Fsp3) is 0.312. The van der Waals surface area contributed by atoms with Crippen LogP contribution >= 0.6 is 0 Å². The molecule has 22 heavy (non-hydrogen) atoms. The van der Waals surface area contributed by atoms with Crippen LogP contribution in [0.3, 0.4) is 0 Å². The number of nitrogens with zero attached hydrogens (tertiary/aromatic N) is 4. The van der Waals surface area contributed by atoms with Crippen molar-refractivity contribution in [3.63, 3.8) is 0 Å². The zero-order valence-corrected chi connectivity index (χ0v) is 12.7. The van der Waals surface area contributed by atoms with Crippen LogP contribution in [0.1, 0.15) is 0 Å². The molecule has 2 aromatic rings. The van der Waals surface area contributed by atoms with E-state index in [2.05, 4.69) is 20.2 Å². The van der Waals surface area contributed by atoms with E-state index in [4.69, 9.17) is 0 Å². The zero-order valence-electron chi connectivity index (χ0n) is 12.7. The van der Waals surface area contributed by atoms with Crippen molar-refractivity contribution in [2.75, 3.05) is 32.5 Å². The summed E-state index contributed by atoms with van der Waals surface area (Å²) >= 11 is 0. The van der Waals surface area contributed by atoms with Crippen molar-refractivity contribution < 1.29 is 4.79 Å². The quantitative estimate of drug-likeness (QED) is 0.940. The van der Waals surface area contributed by atoms with Crippen LogP contribution in [-0.4, -0.2) is 59.0 Å². The number of likely N-dealkylation sites (tertiary alicyclic amines) is 1. The van der Waals surface area contributed by atoms with Gasteiger partial charge >= 0.3 is 6.03 Å². The second kappa shape index (κ2) is 6.11. The molecule has 2 heterocycles. The van der Waals surface area contributed by atoms with E-state index >= 15 is 0 Å². The van der Waals surface area contributed by atoms with Crippen LogP contribution < -0.4 is 5.32 Å². The molecule has 1 aromatic carbocycles. The molecule has 1 aliphatic rings. The van der Waals surface area contributed by atoms with Gasteiger partial charge < -0.3 is 15.1 Å². The van der Waals surface area contributed by atoms with Crippen LogP contribution in [0.2, 0.25) is 0 Å². The van der Waals surface area contributed by atoms with Crippen molar-refractivity contribution in [2.45, 2.75) is 6.04 Å².